The van der Waals surface area contributed by atoms with E-state index >= 15 is 0 Å². The van der Waals surface area contributed by atoms with Crippen LogP contribution in [0.25, 0.3) is 0 Å². The first-order chi connectivity index (χ1) is 4.88. The van der Waals surface area contributed by atoms with Crippen molar-refractivity contribution in [2.24, 2.45) is 4.99 Å². The van der Waals surface area contributed by atoms with E-state index in [1.54, 1.807) is 30.2 Å². The largest absolute Gasteiger partial charge is 0.291 e. The molecule has 0 spiro atoms. The Labute approximate surface area is 58.4 Å². The average Bonchev–Trinajstić information content (AvgIpc) is 2.04. The Kier molecular flexibility index (Phi) is 1.94. The smallest absolute Gasteiger partial charge is 0.151 e. The molecule has 0 saturated heterocycles. The fourth-order valence-electron chi connectivity index (χ4n) is 0.645. The van der Waals surface area contributed by atoms with Crippen molar-refractivity contribution in [1.82, 2.24) is 9.55 Å². The van der Waals surface area contributed by atoms with Gasteiger partial charge in [-0.2, -0.15) is 0 Å². The van der Waals surface area contributed by atoms with Gasteiger partial charge in [-0.15, -0.1) is 0 Å². The second-order valence-corrected chi connectivity index (χ2v) is 1.69. The van der Waals surface area contributed by atoms with Crippen molar-refractivity contribution in [2.45, 2.75) is 0 Å². The maximum atomic E-state index is 6.94. The highest BCUT2D eigenvalue weighted by molar-refractivity contribution is 5.53. The molecule has 10 heavy (non-hydrogen) atoms. The molecule has 1 aromatic heterocycles. The third-order valence-electron chi connectivity index (χ3n) is 1.14. The molecule has 0 aliphatic heterocycles. The zero-order chi connectivity index (χ0) is 7.40. The van der Waals surface area contributed by atoms with Crippen LogP contribution in [0.1, 0.15) is 0 Å². The molecular formula is C6H8N4. The van der Waals surface area contributed by atoms with E-state index in [1.165, 1.54) is 6.34 Å². The third-order valence-corrected chi connectivity index (χ3v) is 1.14. The fraction of sp³-hybridized carbons (Fsp3) is 0.167. The van der Waals surface area contributed by atoms with Gasteiger partial charge in [-0.05, 0) is 0 Å². The lowest BCUT2D eigenvalue weighted by molar-refractivity contribution is 0.964. The zero-order valence-corrected chi connectivity index (χ0v) is 5.65. The number of rotatable bonds is 1. The SMILES string of the molecule is CN=c1cnccn1C=N. The lowest BCUT2D eigenvalue weighted by Crippen LogP contribution is -2.19. The minimum atomic E-state index is 0.678. The second-order valence-electron chi connectivity index (χ2n) is 1.69. The van der Waals surface area contributed by atoms with E-state index in [0.717, 1.165) is 0 Å². The highest BCUT2D eigenvalue weighted by atomic mass is 15.0. The fourth-order valence-corrected chi connectivity index (χ4v) is 0.645. The van der Waals surface area contributed by atoms with Gasteiger partial charge in [0.25, 0.3) is 0 Å². The normalized spacial score (nSPS) is 11.5. The van der Waals surface area contributed by atoms with E-state index in [1.807, 2.05) is 0 Å². The van der Waals surface area contributed by atoms with Gasteiger partial charge in [0.15, 0.2) is 5.49 Å². The molecule has 0 aliphatic rings. The van der Waals surface area contributed by atoms with Crippen molar-refractivity contribution in [2.75, 3.05) is 7.05 Å². The van der Waals surface area contributed by atoms with Crippen molar-refractivity contribution < 1.29 is 0 Å². The summed E-state index contributed by atoms with van der Waals surface area (Å²) in [6, 6.07) is 0. The molecule has 1 heterocycles. The highest BCUT2D eigenvalue weighted by Gasteiger charge is 1.82. The molecule has 4 nitrogen and oxygen atoms in total. The third kappa shape index (κ3) is 1.10. The number of nitrogens with zero attached hydrogens (tertiary/aromatic N) is 3. The summed E-state index contributed by atoms with van der Waals surface area (Å²) in [5.41, 5.74) is 0.678. The van der Waals surface area contributed by atoms with Crippen LogP contribution in [0.3, 0.4) is 0 Å². The molecule has 1 N–H and O–H groups in total. The monoisotopic (exact) mass is 136 g/mol. The first-order valence-corrected chi connectivity index (χ1v) is 2.84. The van der Waals surface area contributed by atoms with Crippen LogP contribution in [0.2, 0.25) is 0 Å². The quantitative estimate of drug-likeness (QED) is 0.424. The molecular weight excluding hydrogens is 128 g/mol. The van der Waals surface area contributed by atoms with E-state index in [4.69, 9.17) is 5.41 Å². The van der Waals surface area contributed by atoms with Crippen LogP contribution in [-0.4, -0.2) is 22.9 Å². The summed E-state index contributed by atoms with van der Waals surface area (Å²) in [5.74, 6) is 0. The van der Waals surface area contributed by atoms with Crippen LogP contribution in [0.4, 0.5) is 0 Å². The molecule has 4 heteroatoms. The molecule has 0 bridgehead atoms. The molecule has 0 aromatic carbocycles. The number of aromatic nitrogens is 2. The summed E-state index contributed by atoms with van der Waals surface area (Å²) < 4.78 is 1.58. The maximum absolute atomic E-state index is 6.94. The Morgan fingerprint density at radius 2 is 2.60 bits per heavy atom. The van der Waals surface area contributed by atoms with Crippen molar-refractivity contribution >= 4 is 6.34 Å². The lowest BCUT2D eigenvalue weighted by atomic mass is 10.7. The molecule has 0 amide bonds. The van der Waals surface area contributed by atoms with Gasteiger partial charge in [-0.3, -0.25) is 20.0 Å². The minimum Gasteiger partial charge on any atom is -0.291 e. The maximum Gasteiger partial charge on any atom is 0.151 e. The van der Waals surface area contributed by atoms with Crippen LogP contribution in [0.5, 0.6) is 0 Å². The Morgan fingerprint density at radius 3 is 3.10 bits per heavy atom. The predicted molar refractivity (Wildman–Crippen MR) is 37.9 cm³/mol. The predicted octanol–water partition coefficient (Wildman–Crippen LogP) is -0.131. The summed E-state index contributed by atoms with van der Waals surface area (Å²) in [7, 11) is 1.66. The van der Waals surface area contributed by atoms with Crippen molar-refractivity contribution in [1.29, 1.82) is 5.41 Å². The van der Waals surface area contributed by atoms with Gasteiger partial charge >= 0.3 is 0 Å². The Morgan fingerprint density at radius 1 is 1.80 bits per heavy atom. The lowest BCUT2D eigenvalue weighted by Gasteiger charge is -1.94. The van der Waals surface area contributed by atoms with Gasteiger partial charge in [0.2, 0.25) is 0 Å². The van der Waals surface area contributed by atoms with E-state index in [0.29, 0.717) is 5.49 Å². The summed E-state index contributed by atoms with van der Waals surface area (Å²) in [6.07, 6.45) is 6.07. The molecule has 0 saturated carbocycles. The summed E-state index contributed by atoms with van der Waals surface area (Å²) in [4.78, 5) is 7.74. The summed E-state index contributed by atoms with van der Waals surface area (Å²) >= 11 is 0. The topological polar surface area (TPSA) is 54.0 Å². The Balaban J connectivity index is 3.36. The average molecular weight is 136 g/mol. The Hall–Kier alpha value is -1.45. The molecule has 1 aromatic rings. The highest BCUT2D eigenvalue weighted by Crippen LogP contribution is 1.69. The van der Waals surface area contributed by atoms with E-state index in [2.05, 4.69) is 9.98 Å². The van der Waals surface area contributed by atoms with Gasteiger partial charge in [0.05, 0.1) is 12.5 Å². The van der Waals surface area contributed by atoms with Crippen LogP contribution < -0.4 is 5.49 Å². The molecule has 0 unspecified atom stereocenters. The van der Waals surface area contributed by atoms with Gasteiger partial charge in [0, 0.05) is 19.4 Å². The van der Waals surface area contributed by atoms with Crippen molar-refractivity contribution in [3.63, 3.8) is 0 Å². The van der Waals surface area contributed by atoms with Crippen LogP contribution in [-0.2, 0) is 0 Å². The second kappa shape index (κ2) is 2.91. The molecule has 52 valence electrons. The molecule has 0 atom stereocenters. The zero-order valence-electron chi connectivity index (χ0n) is 5.65. The van der Waals surface area contributed by atoms with Crippen LogP contribution in [0.15, 0.2) is 23.6 Å². The summed E-state index contributed by atoms with van der Waals surface area (Å²) in [6.45, 7) is 0. The van der Waals surface area contributed by atoms with Gasteiger partial charge < -0.3 is 0 Å². The van der Waals surface area contributed by atoms with E-state index in [-0.39, 0.29) is 0 Å². The number of nitrogens with one attached hydrogen (secondary N) is 1. The van der Waals surface area contributed by atoms with Crippen LogP contribution >= 0.6 is 0 Å². The molecule has 0 radical (unpaired) electrons. The molecule has 0 aliphatic carbocycles. The molecule has 0 fully saturated rings. The standard InChI is InChI=1S/C6H8N4/c1-8-6-4-9-2-3-10(6)5-7/h2-5,7H,1H3. The minimum absolute atomic E-state index is 0.678. The van der Waals surface area contributed by atoms with Gasteiger partial charge in [-0.25, -0.2) is 0 Å². The number of hydrogen-bond donors (Lipinski definition) is 1. The Bertz CT molecular complexity index is 286. The first-order valence-electron chi connectivity index (χ1n) is 2.84. The van der Waals surface area contributed by atoms with E-state index in [9.17, 15) is 0 Å². The van der Waals surface area contributed by atoms with Crippen LogP contribution in [0, 0.1) is 5.41 Å². The number of hydrogen-bond acceptors (Lipinski definition) is 3. The first kappa shape index (κ1) is 6.67. The van der Waals surface area contributed by atoms with Crippen molar-refractivity contribution in [3.05, 3.63) is 24.1 Å². The van der Waals surface area contributed by atoms with Gasteiger partial charge in [0.1, 0.15) is 0 Å². The van der Waals surface area contributed by atoms with Gasteiger partial charge in [-0.1, -0.05) is 0 Å². The molecule has 1 rings (SSSR count). The van der Waals surface area contributed by atoms with Crippen molar-refractivity contribution in [3.8, 4) is 0 Å². The summed E-state index contributed by atoms with van der Waals surface area (Å²) in [5, 5.41) is 6.94. The van der Waals surface area contributed by atoms with E-state index < -0.39 is 0 Å².